The van der Waals surface area contributed by atoms with Crippen molar-refractivity contribution in [3.63, 3.8) is 0 Å². The highest BCUT2D eigenvalue weighted by molar-refractivity contribution is 5.84. The number of halogens is 2. The van der Waals surface area contributed by atoms with E-state index in [-0.39, 0.29) is 11.0 Å². The monoisotopic (exact) mass is 393 g/mol. The molecule has 0 spiro atoms. The van der Waals surface area contributed by atoms with Gasteiger partial charge in [0.05, 0.1) is 16.8 Å². The van der Waals surface area contributed by atoms with Crippen LogP contribution in [-0.2, 0) is 5.41 Å². The van der Waals surface area contributed by atoms with Crippen LogP contribution in [-0.4, -0.2) is 14.8 Å². The molecule has 5 heteroatoms. The van der Waals surface area contributed by atoms with Crippen molar-refractivity contribution in [2.24, 2.45) is 17.8 Å². The quantitative estimate of drug-likeness (QED) is 0.535. The van der Waals surface area contributed by atoms with Gasteiger partial charge in [0.2, 0.25) is 0 Å². The molecule has 3 nitrogen and oxygen atoms in total. The molecule has 0 radical (unpaired) electrons. The Labute approximate surface area is 169 Å². The summed E-state index contributed by atoms with van der Waals surface area (Å²) in [5.74, 6) is 2.23. The van der Waals surface area contributed by atoms with Crippen molar-refractivity contribution < 1.29 is 8.78 Å². The molecule has 0 aliphatic heterocycles. The van der Waals surface area contributed by atoms with Crippen molar-refractivity contribution in [2.75, 3.05) is 0 Å². The van der Waals surface area contributed by atoms with Crippen LogP contribution in [0.2, 0.25) is 0 Å². The van der Waals surface area contributed by atoms with E-state index in [1.165, 1.54) is 19.3 Å². The van der Waals surface area contributed by atoms with Gasteiger partial charge in [-0.05, 0) is 81.4 Å². The van der Waals surface area contributed by atoms with Gasteiger partial charge < -0.3 is 0 Å². The molecule has 150 valence electrons. The molecular formula is C24H25F2N3. The minimum atomic E-state index is -2.53. The van der Waals surface area contributed by atoms with Gasteiger partial charge in [0.25, 0.3) is 6.43 Å². The minimum absolute atomic E-state index is 0.0216. The second-order valence-corrected chi connectivity index (χ2v) is 9.63. The molecule has 4 bridgehead atoms. The normalized spacial score (nSPS) is 30.6. The van der Waals surface area contributed by atoms with Crippen LogP contribution in [0.3, 0.4) is 0 Å². The lowest BCUT2D eigenvalue weighted by atomic mass is 9.48. The summed E-state index contributed by atoms with van der Waals surface area (Å²) in [6.07, 6.45) is 4.77. The molecule has 1 aromatic carbocycles. The molecule has 0 saturated heterocycles. The van der Waals surface area contributed by atoms with E-state index in [0.717, 1.165) is 48.4 Å². The van der Waals surface area contributed by atoms with Crippen LogP contribution in [0.4, 0.5) is 8.78 Å². The van der Waals surface area contributed by atoms with Crippen LogP contribution >= 0.6 is 0 Å². The highest BCUT2D eigenvalue weighted by Crippen LogP contribution is 2.60. The number of aromatic nitrogens is 3. The number of pyridine rings is 1. The molecule has 3 aromatic rings. The zero-order valence-corrected chi connectivity index (χ0v) is 16.6. The van der Waals surface area contributed by atoms with E-state index in [9.17, 15) is 8.78 Å². The van der Waals surface area contributed by atoms with E-state index < -0.39 is 6.43 Å². The summed E-state index contributed by atoms with van der Waals surface area (Å²) < 4.78 is 30.1. The number of rotatable bonds is 3. The maximum atomic E-state index is 14.2. The first kappa shape index (κ1) is 17.5. The van der Waals surface area contributed by atoms with Gasteiger partial charge in [-0.3, -0.25) is 0 Å². The second-order valence-electron chi connectivity index (χ2n) is 9.63. The Balaban J connectivity index is 1.59. The van der Waals surface area contributed by atoms with Gasteiger partial charge in [0.15, 0.2) is 5.65 Å². The smallest absolute Gasteiger partial charge is 0.232 e. The zero-order chi connectivity index (χ0) is 19.8. The fraction of sp³-hybridized carbons (Fsp3) is 0.500. The van der Waals surface area contributed by atoms with Crippen molar-refractivity contribution in [2.45, 2.75) is 57.3 Å². The topological polar surface area (TPSA) is 30.7 Å². The highest BCUT2D eigenvalue weighted by atomic mass is 19.3. The molecule has 4 aliphatic carbocycles. The molecular weight excluding hydrogens is 368 g/mol. The predicted octanol–water partition coefficient (Wildman–Crippen LogP) is 6.13. The molecule has 0 unspecified atom stereocenters. The summed E-state index contributed by atoms with van der Waals surface area (Å²) in [5.41, 5.74) is 3.02. The average Bonchev–Trinajstić information content (AvgIpc) is 3.04. The molecule has 4 saturated carbocycles. The maximum Gasteiger partial charge on any atom is 0.264 e. The van der Waals surface area contributed by atoms with Gasteiger partial charge >= 0.3 is 0 Å². The van der Waals surface area contributed by atoms with Crippen LogP contribution in [0.25, 0.3) is 16.7 Å². The Morgan fingerprint density at radius 2 is 1.62 bits per heavy atom. The van der Waals surface area contributed by atoms with Crippen molar-refractivity contribution >= 4 is 11.0 Å². The minimum Gasteiger partial charge on any atom is -0.232 e. The molecule has 2 heterocycles. The van der Waals surface area contributed by atoms with Crippen molar-refractivity contribution in [3.05, 3.63) is 53.3 Å². The molecule has 7 rings (SSSR count). The Morgan fingerprint density at radius 3 is 2.21 bits per heavy atom. The summed E-state index contributed by atoms with van der Waals surface area (Å²) in [6, 6.07) is 11.5. The van der Waals surface area contributed by atoms with Crippen LogP contribution in [0, 0.1) is 24.7 Å². The lowest BCUT2D eigenvalue weighted by Gasteiger charge is -2.56. The molecule has 2 aromatic heterocycles. The summed E-state index contributed by atoms with van der Waals surface area (Å²) in [4.78, 5) is 5.07. The van der Waals surface area contributed by atoms with E-state index in [1.807, 2.05) is 30.3 Å². The Hall–Kier alpha value is -2.30. The molecule has 4 fully saturated rings. The standard InChI is InChI=1S/C24H25F2N3/c1-14-21-19(22(25)26)10-20(24-11-15-7-16(12-24)9-17(8-15)13-24)27-23(21)29(28-14)18-5-3-2-4-6-18/h2-6,10,15-17,22H,7-9,11-13H2,1H3. The van der Waals surface area contributed by atoms with Crippen molar-refractivity contribution in [3.8, 4) is 5.69 Å². The summed E-state index contributed by atoms with van der Waals surface area (Å²) in [7, 11) is 0. The second kappa shape index (κ2) is 6.10. The summed E-state index contributed by atoms with van der Waals surface area (Å²) in [6.45, 7) is 1.81. The van der Waals surface area contributed by atoms with Gasteiger partial charge in [-0.25, -0.2) is 18.4 Å². The van der Waals surface area contributed by atoms with Gasteiger partial charge in [-0.1, -0.05) is 18.2 Å². The van der Waals surface area contributed by atoms with Gasteiger partial charge in [-0.2, -0.15) is 5.10 Å². The number of hydrogen-bond donors (Lipinski definition) is 0. The van der Waals surface area contributed by atoms with E-state index in [0.29, 0.717) is 16.7 Å². The SMILES string of the molecule is Cc1nn(-c2ccccc2)c2nc(C34CC5CC(CC(C5)C3)C4)cc(C(F)F)c12. The fourth-order valence-corrected chi connectivity index (χ4v) is 6.94. The largest absolute Gasteiger partial charge is 0.264 e. The average molecular weight is 393 g/mol. The van der Waals surface area contributed by atoms with Gasteiger partial charge in [0, 0.05) is 16.7 Å². The number of hydrogen-bond acceptors (Lipinski definition) is 2. The lowest BCUT2D eigenvalue weighted by molar-refractivity contribution is -0.00721. The number of alkyl halides is 2. The van der Waals surface area contributed by atoms with Gasteiger partial charge in [-0.15, -0.1) is 0 Å². The molecule has 0 N–H and O–H groups in total. The van der Waals surface area contributed by atoms with Crippen molar-refractivity contribution in [1.29, 1.82) is 0 Å². The first-order valence-corrected chi connectivity index (χ1v) is 10.8. The number of benzene rings is 1. The van der Waals surface area contributed by atoms with E-state index in [2.05, 4.69) is 5.10 Å². The first-order valence-electron chi connectivity index (χ1n) is 10.8. The molecule has 0 amide bonds. The third kappa shape index (κ3) is 2.59. The van der Waals surface area contributed by atoms with Crippen LogP contribution in [0.5, 0.6) is 0 Å². The molecule has 29 heavy (non-hydrogen) atoms. The lowest BCUT2D eigenvalue weighted by Crippen LogP contribution is -2.49. The van der Waals surface area contributed by atoms with E-state index in [1.54, 1.807) is 17.7 Å². The van der Waals surface area contributed by atoms with Gasteiger partial charge in [0.1, 0.15) is 0 Å². The zero-order valence-electron chi connectivity index (χ0n) is 16.6. The number of nitrogens with zero attached hydrogens (tertiary/aromatic N) is 3. The molecule has 4 aliphatic rings. The maximum absolute atomic E-state index is 14.2. The fourth-order valence-electron chi connectivity index (χ4n) is 6.94. The highest BCUT2D eigenvalue weighted by Gasteiger charge is 2.52. The number of para-hydroxylation sites is 1. The van der Waals surface area contributed by atoms with Crippen LogP contribution in [0.1, 0.15) is 61.9 Å². The van der Waals surface area contributed by atoms with Crippen LogP contribution in [0.15, 0.2) is 36.4 Å². The van der Waals surface area contributed by atoms with E-state index >= 15 is 0 Å². The number of aryl methyl sites for hydroxylation is 1. The van der Waals surface area contributed by atoms with E-state index in [4.69, 9.17) is 4.98 Å². The van der Waals surface area contributed by atoms with Crippen LogP contribution < -0.4 is 0 Å². The third-order valence-corrected chi connectivity index (χ3v) is 7.66. The third-order valence-electron chi connectivity index (χ3n) is 7.66. The summed E-state index contributed by atoms with van der Waals surface area (Å²) in [5, 5.41) is 5.12. The molecule has 0 atom stereocenters. The summed E-state index contributed by atoms with van der Waals surface area (Å²) >= 11 is 0. The predicted molar refractivity (Wildman–Crippen MR) is 108 cm³/mol. The Morgan fingerprint density at radius 1 is 1.00 bits per heavy atom. The van der Waals surface area contributed by atoms with Crippen molar-refractivity contribution in [1.82, 2.24) is 14.8 Å². The Bertz CT molecular complexity index is 1050. The Kier molecular flexibility index (Phi) is 3.69. The first-order chi connectivity index (χ1) is 14.0. The number of fused-ring (bicyclic) bond motifs is 1.